The summed E-state index contributed by atoms with van der Waals surface area (Å²) in [7, 11) is 1.27. The third kappa shape index (κ3) is 5.50. The van der Waals surface area contributed by atoms with E-state index in [1.54, 1.807) is 37.4 Å². The maximum atomic E-state index is 14.1. The first-order chi connectivity index (χ1) is 13.8. The van der Waals surface area contributed by atoms with Gasteiger partial charge in [0, 0.05) is 39.6 Å². The summed E-state index contributed by atoms with van der Waals surface area (Å²) in [5, 5.41) is 6.51. The van der Waals surface area contributed by atoms with Gasteiger partial charge in [-0.2, -0.15) is 0 Å². The third-order valence-electron chi connectivity index (χ3n) is 5.28. The molecule has 0 atom stereocenters. The lowest BCUT2D eigenvalue weighted by molar-refractivity contribution is 0.520. The Labute approximate surface area is 195 Å². The van der Waals surface area contributed by atoms with Gasteiger partial charge in [-0.3, -0.25) is 4.99 Å². The number of aliphatic imine (C=N–C) groups is 1. The average Bonchev–Trinajstić information content (AvgIpc) is 3.49. The summed E-state index contributed by atoms with van der Waals surface area (Å²) in [6, 6.07) is 13.7. The van der Waals surface area contributed by atoms with Gasteiger partial charge < -0.3 is 10.6 Å². The summed E-state index contributed by atoms with van der Waals surface area (Å²) in [4.78, 5) is 4.49. The van der Waals surface area contributed by atoms with Crippen LogP contribution in [0, 0.1) is 5.82 Å². The van der Waals surface area contributed by atoms with Gasteiger partial charge in [-0.05, 0) is 42.2 Å². The van der Waals surface area contributed by atoms with Crippen molar-refractivity contribution in [1.82, 2.24) is 14.9 Å². The molecule has 0 saturated heterocycles. The molecule has 6 nitrogen and oxygen atoms in total. The van der Waals surface area contributed by atoms with E-state index in [9.17, 15) is 12.8 Å². The normalized spacial score (nSPS) is 15.4. The van der Waals surface area contributed by atoms with Crippen molar-refractivity contribution >= 4 is 40.0 Å². The van der Waals surface area contributed by atoms with Crippen molar-refractivity contribution < 1.29 is 12.8 Å². The highest BCUT2D eigenvalue weighted by Crippen LogP contribution is 2.48. The molecule has 1 saturated carbocycles. The van der Waals surface area contributed by atoms with Crippen LogP contribution in [0.3, 0.4) is 0 Å². The van der Waals surface area contributed by atoms with E-state index in [0.29, 0.717) is 19.0 Å². The van der Waals surface area contributed by atoms with Crippen LogP contribution in [-0.2, 0) is 22.0 Å². The molecule has 0 aromatic heterocycles. The Balaban J connectivity index is 0.00000320. The molecule has 1 aliphatic rings. The minimum absolute atomic E-state index is 0. The van der Waals surface area contributed by atoms with Crippen molar-refractivity contribution in [3.8, 4) is 0 Å². The zero-order valence-corrected chi connectivity index (χ0v) is 20.5. The van der Waals surface area contributed by atoms with E-state index in [0.717, 1.165) is 24.0 Å². The Morgan fingerprint density at radius 3 is 2.27 bits per heavy atom. The van der Waals surface area contributed by atoms with Crippen LogP contribution in [0.4, 0.5) is 4.39 Å². The first-order valence-corrected chi connectivity index (χ1v) is 10.9. The Hall–Kier alpha value is -1.72. The maximum Gasteiger partial charge on any atom is 0.242 e. The molecule has 164 valence electrons. The van der Waals surface area contributed by atoms with Gasteiger partial charge in [0.05, 0.1) is 4.90 Å². The summed E-state index contributed by atoms with van der Waals surface area (Å²) < 4.78 is 39.6. The quantitative estimate of drug-likeness (QED) is 0.318. The van der Waals surface area contributed by atoms with Gasteiger partial charge in [-0.15, -0.1) is 24.0 Å². The van der Waals surface area contributed by atoms with Crippen molar-refractivity contribution in [3.05, 3.63) is 65.5 Å². The number of halogens is 2. The second-order valence-corrected chi connectivity index (χ2v) is 9.62. The number of nitrogens with one attached hydrogen (secondary N) is 2. The molecule has 1 fully saturated rings. The van der Waals surface area contributed by atoms with E-state index in [4.69, 9.17) is 0 Å². The topological polar surface area (TPSA) is 73.8 Å². The van der Waals surface area contributed by atoms with Crippen LogP contribution >= 0.6 is 24.0 Å². The SMILES string of the molecule is CN=C(NCc1ccc(S(=O)(=O)N(C)C)cc1)NCC1(c2ccccc2F)CC1.I. The molecule has 9 heteroatoms. The highest BCUT2D eigenvalue weighted by atomic mass is 127. The van der Waals surface area contributed by atoms with Crippen molar-refractivity contribution in [2.24, 2.45) is 4.99 Å². The van der Waals surface area contributed by atoms with E-state index in [2.05, 4.69) is 15.6 Å². The Kier molecular flexibility index (Phi) is 8.23. The van der Waals surface area contributed by atoms with Gasteiger partial charge in [0.2, 0.25) is 10.0 Å². The van der Waals surface area contributed by atoms with Crippen LogP contribution in [-0.4, -0.2) is 46.4 Å². The molecular weight excluding hydrogens is 518 g/mol. The van der Waals surface area contributed by atoms with Gasteiger partial charge in [0.25, 0.3) is 0 Å². The Morgan fingerprint density at radius 2 is 1.73 bits per heavy atom. The minimum Gasteiger partial charge on any atom is -0.356 e. The summed E-state index contributed by atoms with van der Waals surface area (Å²) in [6.45, 7) is 1.10. The molecule has 0 radical (unpaired) electrons. The Morgan fingerprint density at radius 1 is 1.10 bits per heavy atom. The van der Waals surface area contributed by atoms with Crippen LogP contribution in [0.5, 0.6) is 0 Å². The second kappa shape index (κ2) is 10.1. The lowest BCUT2D eigenvalue weighted by Gasteiger charge is -2.19. The highest BCUT2D eigenvalue weighted by molar-refractivity contribution is 14.0. The molecule has 0 bridgehead atoms. The fraction of sp³-hybridized carbons (Fsp3) is 0.381. The molecule has 0 amide bonds. The number of hydrogen-bond acceptors (Lipinski definition) is 3. The number of rotatable bonds is 7. The molecule has 3 rings (SSSR count). The van der Waals surface area contributed by atoms with E-state index in [-0.39, 0.29) is 40.1 Å². The monoisotopic (exact) mass is 546 g/mol. The molecule has 2 N–H and O–H groups in total. The molecule has 2 aromatic rings. The van der Waals surface area contributed by atoms with E-state index in [1.165, 1.54) is 24.5 Å². The number of sulfonamides is 1. The van der Waals surface area contributed by atoms with Crippen molar-refractivity contribution in [3.63, 3.8) is 0 Å². The largest absolute Gasteiger partial charge is 0.356 e. The predicted octanol–water partition coefficient (Wildman–Crippen LogP) is 3.09. The lowest BCUT2D eigenvalue weighted by Crippen LogP contribution is -2.41. The fourth-order valence-corrected chi connectivity index (χ4v) is 4.13. The van der Waals surface area contributed by atoms with Crippen LogP contribution in [0.1, 0.15) is 24.0 Å². The molecule has 2 aromatic carbocycles. The van der Waals surface area contributed by atoms with Crippen LogP contribution in [0.2, 0.25) is 0 Å². The van der Waals surface area contributed by atoms with Crippen LogP contribution in [0.15, 0.2) is 58.4 Å². The molecule has 0 heterocycles. The fourth-order valence-electron chi connectivity index (χ4n) is 3.23. The molecule has 0 aliphatic heterocycles. The minimum atomic E-state index is -3.43. The number of guanidine groups is 1. The summed E-state index contributed by atoms with van der Waals surface area (Å²) >= 11 is 0. The van der Waals surface area contributed by atoms with Gasteiger partial charge in [0.1, 0.15) is 5.82 Å². The Bertz CT molecular complexity index is 990. The smallest absolute Gasteiger partial charge is 0.242 e. The van der Waals surface area contributed by atoms with Crippen molar-refractivity contribution in [2.45, 2.75) is 29.7 Å². The molecule has 0 spiro atoms. The van der Waals surface area contributed by atoms with Gasteiger partial charge in [-0.1, -0.05) is 30.3 Å². The van der Waals surface area contributed by atoms with Crippen molar-refractivity contribution in [2.75, 3.05) is 27.7 Å². The molecule has 30 heavy (non-hydrogen) atoms. The maximum absolute atomic E-state index is 14.1. The molecule has 1 aliphatic carbocycles. The van der Waals surface area contributed by atoms with E-state index >= 15 is 0 Å². The van der Waals surface area contributed by atoms with Gasteiger partial charge >= 0.3 is 0 Å². The summed E-state index contributed by atoms with van der Waals surface area (Å²) in [6.07, 6.45) is 1.89. The van der Waals surface area contributed by atoms with Crippen molar-refractivity contribution in [1.29, 1.82) is 0 Å². The molecular formula is C21H28FIN4O2S. The summed E-state index contributed by atoms with van der Waals surface area (Å²) in [5.41, 5.74) is 1.51. The van der Waals surface area contributed by atoms with E-state index < -0.39 is 10.0 Å². The van der Waals surface area contributed by atoms with E-state index in [1.807, 2.05) is 12.1 Å². The first-order valence-electron chi connectivity index (χ1n) is 9.49. The number of benzene rings is 2. The third-order valence-corrected chi connectivity index (χ3v) is 7.11. The predicted molar refractivity (Wildman–Crippen MR) is 128 cm³/mol. The second-order valence-electron chi connectivity index (χ2n) is 7.47. The first kappa shape index (κ1) is 24.5. The number of nitrogens with zero attached hydrogens (tertiary/aromatic N) is 2. The van der Waals surface area contributed by atoms with Gasteiger partial charge in [-0.25, -0.2) is 17.1 Å². The standard InChI is InChI=1S/C21H27FN4O2S.HI/c1-23-20(25-15-21(12-13-21)18-6-4-5-7-19(18)22)24-14-16-8-10-17(11-9-16)29(27,28)26(2)3;/h4-11H,12-15H2,1-3H3,(H2,23,24,25);1H. The van der Waals surface area contributed by atoms with Gasteiger partial charge in [0.15, 0.2) is 5.96 Å². The zero-order chi connectivity index (χ0) is 21.1. The zero-order valence-electron chi connectivity index (χ0n) is 17.4. The molecule has 0 unspecified atom stereocenters. The number of hydrogen-bond donors (Lipinski definition) is 2. The van der Waals surface area contributed by atoms with Crippen LogP contribution < -0.4 is 10.6 Å². The highest BCUT2D eigenvalue weighted by Gasteiger charge is 2.45. The average molecular weight is 546 g/mol. The summed E-state index contributed by atoms with van der Waals surface area (Å²) in [5.74, 6) is 0.458. The lowest BCUT2D eigenvalue weighted by atomic mass is 9.95. The van der Waals surface area contributed by atoms with Crippen LogP contribution in [0.25, 0.3) is 0 Å².